The number of halogens is 4. The van der Waals surface area contributed by atoms with E-state index in [4.69, 9.17) is 4.74 Å². The van der Waals surface area contributed by atoms with Crippen molar-refractivity contribution in [2.24, 2.45) is 0 Å². The first kappa shape index (κ1) is 23.2. The maximum atomic E-state index is 12.9. The highest BCUT2D eigenvalue weighted by Gasteiger charge is 2.31. The molecule has 6 nitrogen and oxygen atoms in total. The van der Waals surface area contributed by atoms with Gasteiger partial charge < -0.3 is 20.3 Å². The molecule has 1 heterocycles. The number of hydrogen-bond acceptors (Lipinski definition) is 4. The number of benzene rings is 1. The molecule has 1 aromatic rings. The van der Waals surface area contributed by atoms with Crippen LogP contribution in [0.2, 0.25) is 0 Å². The van der Waals surface area contributed by atoms with Crippen LogP contribution in [-0.2, 0) is 27.0 Å². The molecule has 1 fully saturated rings. The normalized spacial score (nSPS) is 17.0. The number of rotatable bonds is 6. The second kappa shape index (κ2) is 10.5. The van der Waals surface area contributed by atoms with E-state index in [-0.39, 0.29) is 43.9 Å². The van der Waals surface area contributed by atoms with Crippen LogP contribution in [0.3, 0.4) is 0 Å². The molecule has 1 atom stereocenters. The molecule has 0 radical (unpaired) electrons. The molecular weight excluding hydrogens is 387 g/mol. The fourth-order valence-electron chi connectivity index (χ4n) is 2.64. The molecule has 1 saturated heterocycles. The van der Waals surface area contributed by atoms with Crippen LogP contribution in [-0.4, -0.2) is 56.1 Å². The minimum absolute atomic E-state index is 0. The lowest BCUT2D eigenvalue weighted by molar-refractivity contribution is -0.138. The summed E-state index contributed by atoms with van der Waals surface area (Å²) in [4.78, 5) is 25.5. The van der Waals surface area contributed by atoms with E-state index in [0.29, 0.717) is 25.3 Å². The predicted octanol–water partition coefficient (Wildman–Crippen LogP) is 1.58. The molecule has 10 heteroatoms. The lowest BCUT2D eigenvalue weighted by Crippen LogP contribution is -2.46. The van der Waals surface area contributed by atoms with Crippen molar-refractivity contribution in [2.75, 3.05) is 33.4 Å². The van der Waals surface area contributed by atoms with Gasteiger partial charge in [-0.05, 0) is 17.7 Å². The number of hydrogen-bond donors (Lipinski definition) is 2. The smallest absolute Gasteiger partial charge is 0.378 e. The molecule has 0 aromatic heterocycles. The summed E-state index contributed by atoms with van der Waals surface area (Å²) in [6, 6.07) is 4.58. The summed E-state index contributed by atoms with van der Waals surface area (Å²) in [7, 11) is 1.44. The summed E-state index contributed by atoms with van der Waals surface area (Å²) in [6.45, 7) is 1.27. The van der Waals surface area contributed by atoms with E-state index in [0.717, 1.165) is 12.1 Å². The number of ether oxygens (including phenoxy) is 1. The first-order valence-electron chi connectivity index (χ1n) is 8.25. The minimum atomic E-state index is -4.46. The molecule has 2 N–H and O–H groups in total. The zero-order valence-corrected chi connectivity index (χ0v) is 15.7. The molecular formula is C17H23ClF3N3O3. The Morgan fingerprint density at radius 1 is 1.37 bits per heavy atom. The van der Waals surface area contributed by atoms with Crippen LogP contribution in [0, 0.1) is 0 Å². The van der Waals surface area contributed by atoms with Gasteiger partial charge in [0.1, 0.15) is 0 Å². The Kier molecular flexibility index (Phi) is 9.01. The van der Waals surface area contributed by atoms with E-state index in [1.165, 1.54) is 24.1 Å². The zero-order valence-electron chi connectivity index (χ0n) is 14.8. The van der Waals surface area contributed by atoms with Crippen molar-refractivity contribution < 1.29 is 27.5 Å². The number of alkyl halides is 3. The van der Waals surface area contributed by atoms with Gasteiger partial charge in [0.2, 0.25) is 11.8 Å². The van der Waals surface area contributed by atoms with Crippen molar-refractivity contribution in [3.05, 3.63) is 35.4 Å². The predicted molar refractivity (Wildman–Crippen MR) is 95.4 cm³/mol. The highest BCUT2D eigenvalue weighted by molar-refractivity contribution is 5.85. The number of amides is 2. The molecule has 0 saturated carbocycles. The number of carbonyl (C=O) groups is 2. The van der Waals surface area contributed by atoms with Gasteiger partial charge in [-0.1, -0.05) is 12.1 Å². The van der Waals surface area contributed by atoms with Crippen LogP contribution in [0.1, 0.15) is 17.5 Å². The van der Waals surface area contributed by atoms with Crippen LogP contribution >= 0.6 is 12.4 Å². The number of nitrogens with one attached hydrogen (secondary N) is 2. The fraction of sp³-hybridized carbons (Fsp3) is 0.529. The Morgan fingerprint density at radius 2 is 2.11 bits per heavy atom. The fourth-order valence-corrected chi connectivity index (χ4v) is 2.64. The largest absolute Gasteiger partial charge is 0.416 e. The molecule has 1 aliphatic rings. The molecule has 1 aromatic carbocycles. The van der Waals surface area contributed by atoms with Gasteiger partial charge in [-0.15, -0.1) is 12.4 Å². The molecule has 27 heavy (non-hydrogen) atoms. The third-order valence-corrected chi connectivity index (χ3v) is 4.01. The molecule has 152 valence electrons. The molecule has 0 aliphatic carbocycles. The van der Waals surface area contributed by atoms with Gasteiger partial charge >= 0.3 is 6.18 Å². The maximum Gasteiger partial charge on any atom is 0.416 e. The molecule has 2 amide bonds. The average Bonchev–Trinajstić information content (AvgIpc) is 2.61. The highest BCUT2D eigenvalue weighted by Crippen LogP contribution is 2.29. The SMILES string of the molecule is CNC(=O)CN(Cc1cccc(C(F)(F)F)c1)C(=O)CC1COCCN1.Cl. The van der Waals surface area contributed by atoms with Gasteiger partial charge in [-0.2, -0.15) is 13.2 Å². The lowest BCUT2D eigenvalue weighted by atomic mass is 10.1. The number of nitrogens with zero attached hydrogens (tertiary/aromatic N) is 1. The Hall–Kier alpha value is -1.84. The molecule has 1 unspecified atom stereocenters. The third-order valence-electron chi connectivity index (χ3n) is 4.01. The first-order chi connectivity index (χ1) is 12.3. The third kappa shape index (κ3) is 7.36. The molecule has 1 aliphatic heterocycles. The van der Waals surface area contributed by atoms with Gasteiger partial charge in [0, 0.05) is 32.6 Å². The van der Waals surface area contributed by atoms with Crippen LogP contribution in [0.4, 0.5) is 13.2 Å². The highest BCUT2D eigenvalue weighted by atomic mass is 35.5. The van der Waals surface area contributed by atoms with E-state index < -0.39 is 17.6 Å². The van der Waals surface area contributed by atoms with E-state index in [1.54, 1.807) is 0 Å². The summed E-state index contributed by atoms with van der Waals surface area (Å²) in [6.07, 6.45) is -4.36. The topological polar surface area (TPSA) is 70.7 Å². The van der Waals surface area contributed by atoms with Crippen LogP contribution < -0.4 is 10.6 Å². The Morgan fingerprint density at radius 3 is 2.70 bits per heavy atom. The molecule has 0 spiro atoms. The number of likely N-dealkylation sites (N-methyl/N-ethyl adjacent to an activating group) is 1. The Balaban J connectivity index is 0.00000364. The number of morpholine rings is 1. The molecule has 0 bridgehead atoms. The van der Waals surface area contributed by atoms with E-state index in [9.17, 15) is 22.8 Å². The van der Waals surface area contributed by atoms with Gasteiger partial charge in [0.15, 0.2) is 0 Å². The van der Waals surface area contributed by atoms with Crippen molar-refractivity contribution in [1.82, 2.24) is 15.5 Å². The van der Waals surface area contributed by atoms with E-state index >= 15 is 0 Å². The van der Waals surface area contributed by atoms with Crippen LogP contribution in [0.5, 0.6) is 0 Å². The van der Waals surface area contributed by atoms with Crippen LogP contribution in [0.25, 0.3) is 0 Å². The molecule has 2 rings (SSSR count). The van der Waals surface area contributed by atoms with Gasteiger partial charge in [-0.25, -0.2) is 0 Å². The van der Waals surface area contributed by atoms with Crippen molar-refractivity contribution in [2.45, 2.75) is 25.2 Å². The Labute approximate surface area is 161 Å². The second-order valence-corrected chi connectivity index (χ2v) is 6.05. The van der Waals surface area contributed by atoms with Crippen LogP contribution in [0.15, 0.2) is 24.3 Å². The van der Waals surface area contributed by atoms with Gasteiger partial charge in [-0.3, -0.25) is 9.59 Å². The first-order valence-corrected chi connectivity index (χ1v) is 8.25. The maximum absolute atomic E-state index is 12.9. The zero-order chi connectivity index (χ0) is 19.2. The van der Waals surface area contributed by atoms with Crippen molar-refractivity contribution in [3.8, 4) is 0 Å². The van der Waals surface area contributed by atoms with Gasteiger partial charge in [0.25, 0.3) is 0 Å². The van der Waals surface area contributed by atoms with Crippen molar-refractivity contribution in [1.29, 1.82) is 0 Å². The summed E-state index contributed by atoms with van der Waals surface area (Å²) in [5.74, 6) is -0.716. The Bertz CT molecular complexity index is 637. The second-order valence-electron chi connectivity index (χ2n) is 6.05. The van der Waals surface area contributed by atoms with Crippen molar-refractivity contribution >= 4 is 24.2 Å². The summed E-state index contributed by atoms with van der Waals surface area (Å²) in [5, 5.41) is 5.57. The number of carbonyl (C=O) groups excluding carboxylic acids is 2. The monoisotopic (exact) mass is 409 g/mol. The lowest BCUT2D eigenvalue weighted by Gasteiger charge is -2.27. The summed E-state index contributed by atoms with van der Waals surface area (Å²) < 4.78 is 43.9. The van der Waals surface area contributed by atoms with E-state index in [1.807, 2.05) is 0 Å². The van der Waals surface area contributed by atoms with Gasteiger partial charge in [0.05, 0.1) is 25.3 Å². The van der Waals surface area contributed by atoms with E-state index in [2.05, 4.69) is 10.6 Å². The average molecular weight is 410 g/mol. The van der Waals surface area contributed by atoms with Crippen molar-refractivity contribution in [3.63, 3.8) is 0 Å². The minimum Gasteiger partial charge on any atom is -0.378 e. The summed E-state index contributed by atoms with van der Waals surface area (Å²) >= 11 is 0. The summed E-state index contributed by atoms with van der Waals surface area (Å²) in [5.41, 5.74) is -0.477. The standard InChI is InChI=1S/C17H22F3N3O3.ClH/c1-21-15(24)10-23(16(25)8-14-11-26-6-5-22-14)9-12-3-2-4-13(7-12)17(18,19)20;/h2-4,7,14,22H,5-6,8-11H2,1H3,(H,21,24);1H. The quantitative estimate of drug-likeness (QED) is 0.748.